The van der Waals surface area contributed by atoms with Crippen LogP contribution in [0.25, 0.3) is 10.2 Å². The molecule has 24 heavy (non-hydrogen) atoms. The van der Waals surface area contributed by atoms with E-state index in [1.54, 1.807) is 11.3 Å². The van der Waals surface area contributed by atoms with E-state index in [-0.39, 0.29) is 11.6 Å². The van der Waals surface area contributed by atoms with Gasteiger partial charge in [0, 0.05) is 11.4 Å². The van der Waals surface area contributed by atoms with Crippen molar-refractivity contribution >= 4 is 21.6 Å². The van der Waals surface area contributed by atoms with Crippen LogP contribution in [0.5, 0.6) is 0 Å². The van der Waals surface area contributed by atoms with Crippen LogP contribution in [0.4, 0.5) is 0 Å². The second kappa shape index (κ2) is 6.26. The van der Waals surface area contributed by atoms with E-state index < -0.39 is 0 Å². The minimum atomic E-state index is 0.0685. The van der Waals surface area contributed by atoms with Gasteiger partial charge in [-0.25, -0.2) is 4.98 Å². The highest BCUT2D eigenvalue weighted by atomic mass is 32.1. The molecule has 3 heterocycles. The number of hydrogen-bond donors (Lipinski definition) is 1. The highest BCUT2D eigenvalue weighted by molar-refractivity contribution is 7.18. The molecule has 1 N–H and O–H groups in total. The molecule has 1 fully saturated rings. The topological polar surface area (TPSA) is 49.0 Å². The van der Waals surface area contributed by atoms with Crippen LogP contribution in [0.3, 0.4) is 0 Å². The van der Waals surface area contributed by atoms with Crippen molar-refractivity contribution in [1.82, 2.24) is 14.9 Å². The summed E-state index contributed by atoms with van der Waals surface area (Å²) >= 11 is 1.75. The maximum absolute atomic E-state index is 12.8. The molecule has 130 valence electrons. The van der Waals surface area contributed by atoms with Gasteiger partial charge < -0.3 is 4.98 Å². The molecule has 3 atom stereocenters. The van der Waals surface area contributed by atoms with Gasteiger partial charge in [-0.2, -0.15) is 0 Å². The second-order valence-corrected chi connectivity index (χ2v) is 8.99. The normalized spacial score (nSPS) is 26.5. The van der Waals surface area contributed by atoms with E-state index >= 15 is 0 Å². The van der Waals surface area contributed by atoms with Gasteiger partial charge in [0.15, 0.2) is 0 Å². The lowest BCUT2D eigenvalue weighted by Crippen LogP contribution is -2.37. The van der Waals surface area contributed by atoms with Gasteiger partial charge in [0.1, 0.15) is 10.7 Å². The van der Waals surface area contributed by atoms with Gasteiger partial charge in [-0.3, -0.25) is 9.69 Å². The maximum atomic E-state index is 12.8. The van der Waals surface area contributed by atoms with Gasteiger partial charge in [-0.1, -0.05) is 13.8 Å². The van der Waals surface area contributed by atoms with Gasteiger partial charge in [-0.15, -0.1) is 11.3 Å². The Hall–Kier alpha value is -1.20. The number of fused-ring (bicyclic) bond motifs is 3. The summed E-state index contributed by atoms with van der Waals surface area (Å²) in [5.74, 6) is 2.29. The number of H-pyrrole nitrogens is 1. The van der Waals surface area contributed by atoms with E-state index in [2.05, 4.69) is 30.7 Å². The largest absolute Gasteiger partial charge is 0.309 e. The average molecular weight is 346 g/mol. The highest BCUT2D eigenvalue weighted by Gasteiger charge is 2.26. The summed E-state index contributed by atoms with van der Waals surface area (Å²) < 4.78 is 0. The van der Waals surface area contributed by atoms with Crippen molar-refractivity contribution in [3.05, 3.63) is 26.6 Å². The number of aromatic amines is 1. The predicted molar refractivity (Wildman–Crippen MR) is 99.8 cm³/mol. The molecule has 4 rings (SSSR count). The van der Waals surface area contributed by atoms with Crippen molar-refractivity contribution in [3.8, 4) is 0 Å². The van der Waals surface area contributed by atoms with Crippen LogP contribution in [0.1, 0.15) is 62.3 Å². The van der Waals surface area contributed by atoms with Crippen molar-refractivity contribution in [2.75, 3.05) is 13.1 Å². The minimum Gasteiger partial charge on any atom is -0.309 e. The number of thiophene rings is 1. The maximum Gasteiger partial charge on any atom is 0.259 e. The van der Waals surface area contributed by atoms with Crippen LogP contribution in [-0.4, -0.2) is 28.0 Å². The molecule has 1 aliphatic carbocycles. The Morgan fingerprint density at radius 2 is 2.12 bits per heavy atom. The van der Waals surface area contributed by atoms with Crippen molar-refractivity contribution in [2.24, 2.45) is 11.8 Å². The van der Waals surface area contributed by atoms with Crippen LogP contribution in [0.15, 0.2) is 4.79 Å². The molecular weight excluding hydrogens is 318 g/mol. The van der Waals surface area contributed by atoms with E-state index in [4.69, 9.17) is 4.98 Å². The van der Waals surface area contributed by atoms with Crippen LogP contribution < -0.4 is 5.56 Å². The van der Waals surface area contributed by atoms with E-state index in [0.717, 1.165) is 53.8 Å². The van der Waals surface area contributed by atoms with E-state index in [0.29, 0.717) is 0 Å². The Labute approximate surface area is 147 Å². The first-order valence-electron chi connectivity index (χ1n) is 9.31. The zero-order chi connectivity index (χ0) is 16.8. The van der Waals surface area contributed by atoms with Crippen LogP contribution in [-0.2, 0) is 12.8 Å². The summed E-state index contributed by atoms with van der Waals surface area (Å²) in [5.41, 5.74) is 1.34. The molecular formula is C19H27N3OS. The quantitative estimate of drug-likeness (QED) is 0.898. The first-order chi connectivity index (χ1) is 11.5. The third-order valence-corrected chi connectivity index (χ3v) is 6.96. The summed E-state index contributed by atoms with van der Waals surface area (Å²) in [7, 11) is 0. The zero-order valence-corrected chi connectivity index (χ0v) is 15.7. The van der Waals surface area contributed by atoms with E-state index in [1.165, 1.54) is 29.7 Å². The fraction of sp³-hybridized carbons (Fsp3) is 0.684. The number of nitrogens with one attached hydrogen (secondary N) is 1. The SMILES string of the molecule is C[C@@H]1CCc2c(sc3nc([C@H](C)N4CCC[C@H](C)C4)[nH]c(=O)c23)C1. The third-order valence-electron chi connectivity index (χ3n) is 5.82. The number of piperidine rings is 1. The van der Waals surface area contributed by atoms with Crippen molar-refractivity contribution < 1.29 is 0 Å². The third kappa shape index (κ3) is 2.82. The Bertz CT molecular complexity index is 809. The number of likely N-dealkylation sites (tertiary alicyclic amines) is 1. The molecule has 1 saturated heterocycles. The standard InChI is InChI=1S/C19H27N3OS/c1-11-6-7-14-15(9-11)24-19-16(14)18(23)20-17(21-19)13(3)22-8-4-5-12(2)10-22/h11-13H,4-10H2,1-3H3,(H,20,21,23)/t11-,12+,13+/m1/s1. The molecule has 1 aliphatic heterocycles. The number of aromatic nitrogens is 2. The summed E-state index contributed by atoms with van der Waals surface area (Å²) in [6.07, 6.45) is 5.86. The fourth-order valence-electron chi connectivity index (χ4n) is 4.31. The first kappa shape index (κ1) is 16.3. The number of aryl methyl sites for hydroxylation is 1. The van der Waals surface area contributed by atoms with Crippen molar-refractivity contribution in [2.45, 2.75) is 58.9 Å². The lowest BCUT2D eigenvalue weighted by molar-refractivity contribution is 0.134. The molecule has 2 aliphatic rings. The summed E-state index contributed by atoms with van der Waals surface area (Å²) in [5, 5.41) is 0.866. The molecule has 2 aromatic heterocycles. The molecule has 2 aromatic rings. The predicted octanol–water partition coefficient (Wildman–Crippen LogP) is 3.90. The van der Waals surface area contributed by atoms with Crippen LogP contribution in [0, 0.1) is 11.8 Å². The summed E-state index contributed by atoms with van der Waals surface area (Å²) in [6.45, 7) is 8.99. The Balaban J connectivity index is 1.71. The van der Waals surface area contributed by atoms with Crippen LogP contribution >= 0.6 is 11.3 Å². The van der Waals surface area contributed by atoms with Gasteiger partial charge in [0.2, 0.25) is 0 Å². The van der Waals surface area contributed by atoms with Gasteiger partial charge >= 0.3 is 0 Å². The Morgan fingerprint density at radius 3 is 2.92 bits per heavy atom. The van der Waals surface area contributed by atoms with Crippen molar-refractivity contribution in [3.63, 3.8) is 0 Å². The molecule has 0 radical (unpaired) electrons. The molecule has 4 nitrogen and oxygen atoms in total. The van der Waals surface area contributed by atoms with E-state index in [1.807, 2.05) is 0 Å². The minimum absolute atomic E-state index is 0.0685. The smallest absolute Gasteiger partial charge is 0.259 e. The number of rotatable bonds is 2. The number of nitrogens with zero attached hydrogens (tertiary/aromatic N) is 2. The van der Waals surface area contributed by atoms with Crippen molar-refractivity contribution in [1.29, 1.82) is 0 Å². The fourth-order valence-corrected chi connectivity index (χ4v) is 5.70. The molecule has 0 aromatic carbocycles. The molecule has 0 bridgehead atoms. The first-order valence-corrected chi connectivity index (χ1v) is 10.1. The molecule has 0 spiro atoms. The second-order valence-electron chi connectivity index (χ2n) is 7.90. The molecule has 0 amide bonds. The summed E-state index contributed by atoms with van der Waals surface area (Å²) in [4.78, 5) is 25.6. The Morgan fingerprint density at radius 1 is 1.29 bits per heavy atom. The van der Waals surface area contributed by atoms with Crippen LogP contribution in [0.2, 0.25) is 0 Å². The van der Waals surface area contributed by atoms with Gasteiger partial charge in [0.05, 0.1) is 11.4 Å². The molecule has 0 unspecified atom stereocenters. The zero-order valence-electron chi connectivity index (χ0n) is 14.9. The number of hydrogen-bond acceptors (Lipinski definition) is 4. The summed E-state index contributed by atoms with van der Waals surface area (Å²) in [6, 6.07) is 0.183. The molecule has 0 saturated carbocycles. The molecule has 5 heteroatoms. The average Bonchev–Trinajstić information content (AvgIpc) is 2.91. The highest BCUT2D eigenvalue weighted by Crippen LogP contribution is 2.36. The van der Waals surface area contributed by atoms with Gasteiger partial charge in [0.25, 0.3) is 5.56 Å². The Kier molecular flexibility index (Phi) is 4.25. The van der Waals surface area contributed by atoms with E-state index in [9.17, 15) is 4.79 Å². The lowest BCUT2D eigenvalue weighted by Gasteiger charge is -2.34. The van der Waals surface area contributed by atoms with Gasteiger partial charge in [-0.05, 0) is 63.0 Å². The lowest BCUT2D eigenvalue weighted by atomic mass is 9.89. The monoisotopic (exact) mass is 345 g/mol.